The second kappa shape index (κ2) is 8.05. The topological polar surface area (TPSA) is 90.9 Å². The Morgan fingerprint density at radius 2 is 2.00 bits per heavy atom. The third-order valence-electron chi connectivity index (χ3n) is 4.04. The summed E-state index contributed by atoms with van der Waals surface area (Å²) in [5.41, 5.74) is 1.61. The molecule has 0 saturated carbocycles. The minimum Gasteiger partial charge on any atom is -0.394 e. The van der Waals surface area contributed by atoms with Gasteiger partial charge in [0.25, 0.3) is 5.91 Å². The molecule has 0 aliphatic carbocycles. The van der Waals surface area contributed by atoms with Crippen LogP contribution < -0.4 is 10.6 Å². The van der Waals surface area contributed by atoms with Gasteiger partial charge in [0.05, 0.1) is 18.8 Å². The minimum atomic E-state index is -0.372. The molecule has 7 nitrogen and oxygen atoms in total. The number of morpholine rings is 1. The van der Waals surface area contributed by atoms with Crippen molar-refractivity contribution < 1.29 is 19.4 Å². The quantitative estimate of drug-likeness (QED) is 0.767. The number of hydrogen-bond acceptors (Lipinski definition) is 4. The highest BCUT2D eigenvalue weighted by Crippen LogP contribution is 2.20. The molecule has 0 aromatic heterocycles. The van der Waals surface area contributed by atoms with E-state index >= 15 is 0 Å². The summed E-state index contributed by atoms with van der Waals surface area (Å²) in [7, 11) is 0. The Hall–Kier alpha value is -2.12. The van der Waals surface area contributed by atoms with E-state index in [1.165, 1.54) is 0 Å². The zero-order chi connectivity index (χ0) is 19.5. The van der Waals surface area contributed by atoms with Gasteiger partial charge in [-0.1, -0.05) is 6.07 Å². The van der Waals surface area contributed by atoms with Crippen LogP contribution in [0, 0.1) is 6.92 Å². The van der Waals surface area contributed by atoms with Crippen molar-refractivity contribution >= 4 is 17.6 Å². The molecule has 1 aliphatic heterocycles. The molecule has 0 spiro atoms. The van der Waals surface area contributed by atoms with E-state index < -0.39 is 0 Å². The lowest BCUT2D eigenvalue weighted by atomic mass is 10.1. The minimum absolute atomic E-state index is 0.123. The number of carbonyl (C=O) groups excluding carboxylic acids is 2. The van der Waals surface area contributed by atoms with Gasteiger partial charge in [0.15, 0.2) is 0 Å². The van der Waals surface area contributed by atoms with Gasteiger partial charge in [-0.05, 0) is 52.3 Å². The first-order valence-corrected chi connectivity index (χ1v) is 8.84. The predicted octanol–water partition coefficient (Wildman–Crippen LogP) is 2.14. The Morgan fingerprint density at radius 3 is 2.62 bits per heavy atom. The Labute approximate surface area is 154 Å². The van der Waals surface area contributed by atoms with Gasteiger partial charge in [0.1, 0.15) is 0 Å². The predicted molar refractivity (Wildman–Crippen MR) is 100 cm³/mol. The normalized spacial score (nSPS) is 20.6. The van der Waals surface area contributed by atoms with Crippen LogP contribution in [-0.2, 0) is 4.74 Å². The van der Waals surface area contributed by atoms with Crippen LogP contribution in [0.4, 0.5) is 10.5 Å². The number of urea groups is 1. The molecular formula is C19H29N3O4. The standard InChI is InChI=1S/C19H29N3O4/c1-12-6-7-14(8-16(12)20-18(25)21-19(3,4)5)17(24)22-9-13(2)26-15(10-22)11-23/h6-8,13,15,23H,9-11H2,1-5H3,(H2,20,21,25). The number of nitrogens with one attached hydrogen (secondary N) is 2. The number of hydrogen-bond donors (Lipinski definition) is 3. The summed E-state index contributed by atoms with van der Waals surface area (Å²) in [4.78, 5) is 26.7. The number of ether oxygens (including phenoxy) is 1. The Morgan fingerprint density at radius 1 is 1.31 bits per heavy atom. The second-order valence-electron chi connectivity index (χ2n) is 7.82. The third-order valence-corrected chi connectivity index (χ3v) is 4.04. The maximum absolute atomic E-state index is 12.8. The summed E-state index contributed by atoms with van der Waals surface area (Å²) in [6.07, 6.45) is -0.506. The monoisotopic (exact) mass is 363 g/mol. The first-order valence-electron chi connectivity index (χ1n) is 8.84. The van der Waals surface area contributed by atoms with E-state index in [1.54, 1.807) is 17.0 Å². The van der Waals surface area contributed by atoms with Gasteiger partial charge in [-0.3, -0.25) is 4.79 Å². The van der Waals surface area contributed by atoms with E-state index in [0.29, 0.717) is 24.3 Å². The van der Waals surface area contributed by atoms with E-state index in [4.69, 9.17) is 4.74 Å². The molecule has 26 heavy (non-hydrogen) atoms. The van der Waals surface area contributed by atoms with Gasteiger partial charge >= 0.3 is 6.03 Å². The molecule has 2 unspecified atom stereocenters. The molecule has 2 atom stereocenters. The van der Waals surface area contributed by atoms with Gasteiger partial charge in [-0.2, -0.15) is 0 Å². The first kappa shape index (κ1) is 20.2. The molecule has 2 rings (SSSR count). The van der Waals surface area contributed by atoms with Crippen LogP contribution in [0.2, 0.25) is 0 Å². The molecule has 1 fully saturated rings. The number of aryl methyl sites for hydroxylation is 1. The second-order valence-corrected chi connectivity index (χ2v) is 7.82. The number of carbonyl (C=O) groups is 2. The molecule has 1 aliphatic rings. The number of rotatable bonds is 3. The first-order chi connectivity index (χ1) is 12.1. The molecule has 1 saturated heterocycles. The highest BCUT2D eigenvalue weighted by molar-refractivity contribution is 5.97. The van der Waals surface area contributed by atoms with Crippen LogP contribution in [0.15, 0.2) is 18.2 Å². The number of benzene rings is 1. The molecule has 3 amide bonds. The fraction of sp³-hybridized carbons (Fsp3) is 0.579. The fourth-order valence-corrected chi connectivity index (χ4v) is 2.88. The van der Waals surface area contributed by atoms with Crippen molar-refractivity contribution in [2.75, 3.05) is 25.0 Å². The summed E-state index contributed by atoms with van der Waals surface area (Å²) >= 11 is 0. The van der Waals surface area contributed by atoms with Crippen molar-refractivity contribution in [3.05, 3.63) is 29.3 Å². The number of nitrogens with zero attached hydrogens (tertiary/aromatic N) is 1. The van der Waals surface area contributed by atoms with Gasteiger partial charge in [0.2, 0.25) is 0 Å². The van der Waals surface area contributed by atoms with E-state index in [1.807, 2.05) is 40.7 Å². The Balaban J connectivity index is 2.15. The average Bonchev–Trinajstić information content (AvgIpc) is 2.53. The van der Waals surface area contributed by atoms with Gasteiger partial charge < -0.3 is 25.4 Å². The number of aliphatic hydroxyl groups is 1. The lowest BCUT2D eigenvalue weighted by Crippen LogP contribution is -2.50. The molecule has 3 N–H and O–H groups in total. The van der Waals surface area contributed by atoms with Gasteiger partial charge in [0, 0.05) is 29.9 Å². The average molecular weight is 363 g/mol. The van der Waals surface area contributed by atoms with Crippen LogP contribution >= 0.6 is 0 Å². The highest BCUT2D eigenvalue weighted by Gasteiger charge is 2.28. The van der Waals surface area contributed by atoms with E-state index in [0.717, 1.165) is 5.56 Å². The molecule has 1 heterocycles. The van der Waals surface area contributed by atoms with Crippen molar-refractivity contribution in [3.8, 4) is 0 Å². The van der Waals surface area contributed by atoms with Crippen LogP contribution in [0.1, 0.15) is 43.6 Å². The Kier molecular flexibility index (Phi) is 6.26. The lowest BCUT2D eigenvalue weighted by molar-refractivity contribution is -0.0858. The number of aliphatic hydroxyl groups excluding tert-OH is 1. The summed E-state index contributed by atoms with van der Waals surface area (Å²) in [5, 5.41) is 15.0. The van der Waals surface area contributed by atoms with Crippen molar-refractivity contribution in [3.63, 3.8) is 0 Å². The van der Waals surface area contributed by atoms with E-state index in [2.05, 4.69) is 10.6 Å². The molecular weight excluding hydrogens is 334 g/mol. The van der Waals surface area contributed by atoms with Crippen molar-refractivity contribution in [1.82, 2.24) is 10.2 Å². The summed E-state index contributed by atoms with van der Waals surface area (Å²) < 4.78 is 5.58. The SMILES string of the molecule is Cc1ccc(C(=O)N2CC(C)OC(CO)C2)cc1NC(=O)NC(C)(C)C. The van der Waals surface area contributed by atoms with Crippen LogP contribution in [0.3, 0.4) is 0 Å². The van der Waals surface area contributed by atoms with E-state index in [-0.39, 0.29) is 36.3 Å². The van der Waals surface area contributed by atoms with Crippen molar-refractivity contribution in [1.29, 1.82) is 0 Å². The zero-order valence-electron chi connectivity index (χ0n) is 16.1. The summed E-state index contributed by atoms with van der Waals surface area (Å²) in [6.45, 7) is 10.1. The number of amides is 3. The van der Waals surface area contributed by atoms with Crippen LogP contribution in [0.25, 0.3) is 0 Å². The zero-order valence-corrected chi connectivity index (χ0v) is 16.1. The van der Waals surface area contributed by atoms with Gasteiger partial charge in [-0.25, -0.2) is 4.79 Å². The maximum Gasteiger partial charge on any atom is 0.319 e. The van der Waals surface area contributed by atoms with Crippen molar-refractivity contribution in [2.45, 2.75) is 52.4 Å². The maximum atomic E-state index is 12.8. The van der Waals surface area contributed by atoms with Crippen LogP contribution in [-0.4, -0.2) is 59.4 Å². The summed E-state index contributed by atoms with van der Waals surface area (Å²) in [5.74, 6) is -0.141. The van der Waals surface area contributed by atoms with Crippen molar-refractivity contribution in [2.24, 2.45) is 0 Å². The molecule has 1 aromatic rings. The van der Waals surface area contributed by atoms with E-state index in [9.17, 15) is 14.7 Å². The number of anilines is 1. The summed E-state index contributed by atoms with van der Waals surface area (Å²) in [6, 6.07) is 4.94. The smallest absolute Gasteiger partial charge is 0.319 e. The molecule has 0 bridgehead atoms. The molecule has 7 heteroatoms. The molecule has 144 valence electrons. The Bertz CT molecular complexity index is 669. The molecule has 0 radical (unpaired) electrons. The molecule has 1 aromatic carbocycles. The van der Waals surface area contributed by atoms with Gasteiger partial charge in [-0.15, -0.1) is 0 Å². The highest BCUT2D eigenvalue weighted by atomic mass is 16.5. The van der Waals surface area contributed by atoms with Crippen LogP contribution in [0.5, 0.6) is 0 Å². The lowest BCUT2D eigenvalue weighted by Gasteiger charge is -2.36. The fourth-order valence-electron chi connectivity index (χ4n) is 2.88. The third kappa shape index (κ3) is 5.44. The largest absolute Gasteiger partial charge is 0.394 e.